The highest BCUT2D eigenvalue weighted by Gasteiger charge is 2.15. The van der Waals surface area contributed by atoms with Gasteiger partial charge in [0.1, 0.15) is 0 Å². The van der Waals surface area contributed by atoms with Gasteiger partial charge in [0.15, 0.2) is 0 Å². The number of piperidine rings is 1. The van der Waals surface area contributed by atoms with Gasteiger partial charge in [0.2, 0.25) is 0 Å². The number of benzene rings is 2. The van der Waals surface area contributed by atoms with E-state index in [0.717, 1.165) is 60.1 Å². The molecule has 0 saturated carbocycles. The Balaban J connectivity index is 1.85. The number of hydrogen-bond donors (Lipinski definition) is 0. The molecular formula is C25H26N2O. The predicted octanol–water partition coefficient (Wildman–Crippen LogP) is 4.25. The fourth-order valence-electron chi connectivity index (χ4n) is 3.97. The number of fused-ring (bicyclic) bond motifs is 1. The van der Waals surface area contributed by atoms with Crippen molar-refractivity contribution in [1.29, 1.82) is 0 Å². The van der Waals surface area contributed by atoms with Crippen molar-refractivity contribution in [2.45, 2.75) is 26.2 Å². The smallest absolute Gasteiger partial charge is 0.264 e. The summed E-state index contributed by atoms with van der Waals surface area (Å²) < 4.78 is 1.84. The lowest BCUT2D eigenvalue weighted by Crippen LogP contribution is -2.29. The van der Waals surface area contributed by atoms with Crippen LogP contribution in [0.25, 0.3) is 16.5 Å². The molecule has 3 heteroatoms. The number of likely N-dealkylation sites (tertiary alicyclic amines) is 1. The van der Waals surface area contributed by atoms with Gasteiger partial charge >= 0.3 is 0 Å². The van der Waals surface area contributed by atoms with Crippen LogP contribution in [0, 0.1) is 17.8 Å². The van der Waals surface area contributed by atoms with Crippen molar-refractivity contribution < 1.29 is 0 Å². The summed E-state index contributed by atoms with van der Waals surface area (Å²) in [4.78, 5) is 15.9. The molecule has 0 aliphatic carbocycles. The van der Waals surface area contributed by atoms with E-state index in [1.807, 2.05) is 53.1 Å². The molecule has 0 amide bonds. The van der Waals surface area contributed by atoms with Gasteiger partial charge in [-0.1, -0.05) is 49.1 Å². The summed E-state index contributed by atoms with van der Waals surface area (Å²) in [7, 11) is 2.16. The maximum absolute atomic E-state index is 13.5. The van der Waals surface area contributed by atoms with Gasteiger partial charge in [-0.25, -0.2) is 0 Å². The van der Waals surface area contributed by atoms with Gasteiger partial charge < -0.3 is 4.90 Å². The molecule has 28 heavy (non-hydrogen) atoms. The van der Waals surface area contributed by atoms with Crippen molar-refractivity contribution in [2.24, 2.45) is 5.92 Å². The van der Waals surface area contributed by atoms with Gasteiger partial charge in [-0.05, 0) is 69.1 Å². The largest absolute Gasteiger partial charge is 0.306 e. The number of pyridine rings is 1. The average molecular weight is 370 g/mol. The molecule has 1 aromatic heterocycles. The van der Waals surface area contributed by atoms with E-state index < -0.39 is 0 Å². The van der Waals surface area contributed by atoms with E-state index in [4.69, 9.17) is 0 Å². The predicted molar refractivity (Wildman–Crippen MR) is 116 cm³/mol. The fourth-order valence-corrected chi connectivity index (χ4v) is 3.97. The summed E-state index contributed by atoms with van der Waals surface area (Å²) in [6.07, 6.45) is 3.00. The van der Waals surface area contributed by atoms with E-state index >= 15 is 0 Å². The maximum Gasteiger partial charge on any atom is 0.264 e. The van der Waals surface area contributed by atoms with Gasteiger partial charge in [-0.15, -0.1) is 0 Å². The van der Waals surface area contributed by atoms with Crippen LogP contribution in [0.3, 0.4) is 0 Å². The lowest BCUT2D eigenvalue weighted by Gasteiger charge is -2.25. The van der Waals surface area contributed by atoms with Crippen LogP contribution in [0.15, 0.2) is 59.4 Å². The van der Waals surface area contributed by atoms with Gasteiger partial charge in [0, 0.05) is 22.9 Å². The zero-order chi connectivity index (χ0) is 19.5. The van der Waals surface area contributed by atoms with Crippen LogP contribution in [0.5, 0.6) is 0 Å². The second-order valence-electron chi connectivity index (χ2n) is 7.58. The third-order valence-corrected chi connectivity index (χ3v) is 5.63. The first-order valence-corrected chi connectivity index (χ1v) is 10.1. The summed E-state index contributed by atoms with van der Waals surface area (Å²) in [5, 5.41) is 1.70. The Hall–Kier alpha value is -2.83. The molecule has 3 aromatic rings. The maximum atomic E-state index is 13.5. The molecule has 1 saturated heterocycles. The normalized spacial score (nSPS) is 15.4. The van der Waals surface area contributed by atoms with Crippen LogP contribution in [-0.4, -0.2) is 29.6 Å². The van der Waals surface area contributed by atoms with Crippen LogP contribution in [-0.2, 0) is 6.42 Å². The van der Waals surface area contributed by atoms with Crippen LogP contribution >= 0.6 is 0 Å². The number of rotatable bonds is 2. The minimum Gasteiger partial charge on any atom is -0.306 e. The van der Waals surface area contributed by atoms with Crippen LogP contribution < -0.4 is 5.56 Å². The standard InChI is InChI=1S/C25H26N2O/c1-3-22-18-21-9-7-8-20(13-12-19-14-16-26(2)17-15-19)24(21)25(28)27(22)23-10-5-4-6-11-23/h4-11,18-19H,3,14-17H2,1-2H3. The number of para-hydroxylation sites is 1. The molecular weight excluding hydrogens is 344 g/mol. The van der Waals surface area contributed by atoms with Crippen molar-refractivity contribution in [2.75, 3.05) is 20.1 Å². The monoisotopic (exact) mass is 370 g/mol. The Kier molecular flexibility index (Phi) is 5.32. The molecule has 2 aromatic carbocycles. The highest BCUT2D eigenvalue weighted by atomic mass is 16.1. The highest BCUT2D eigenvalue weighted by Crippen LogP contribution is 2.20. The quantitative estimate of drug-likeness (QED) is 0.630. The third-order valence-electron chi connectivity index (χ3n) is 5.63. The summed E-state index contributed by atoms with van der Waals surface area (Å²) in [5.74, 6) is 7.20. The second-order valence-corrected chi connectivity index (χ2v) is 7.58. The molecule has 0 atom stereocenters. The summed E-state index contributed by atoms with van der Waals surface area (Å²) in [6.45, 7) is 4.27. The molecule has 0 unspecified atom stereocenters. The SMILES string of the molecule is CCc1cc2cccc(C#CC3CCN(C)CC3)c2c(=O)n1-c1ccccc1. The van der Waals surface area contributed by atoms with E-state index in [2.05, 4.69) is 36.8 Å². The minimum absolute atomic E-state index is 0.0221. The topological polar surface area (TPSA) is 25.2 Å². The first-order valence-electron chi connectivity index (χ1n) is 10.1. The van der Waals surface area contributed by atoms with Crippen LogP contribution in [0.2, 0.25) is 0 Å². The fraction of sp³-hybridized carbons (Fsp3) is 0.320. The lowest BCUT2D eigenvalue weighted by atomic mass is 9.97. The van der Waals surface area contributed by atoms with Crippen LogP contribution in [0.4, 0.5) is 0 Å². The molecule has 2 heterocycles. The van der Waals surface area contributed by atoms with Crippen molar-refractivity contribution in [3.8, 4) is 17.5 Å². The summed E-state index contributed by atoms with van der Waals surface area (Å²) in [5.41, 5.74) is 2.79. The molecule has 0 radical (unpaired) electrons. The Labute approximate surface area is 166 Å². The molecule has 1 aliphatic rings. The molecule has 0 spiro atoms. The molecule has 0 N–H and O–H groups in total. The molecule has 1 fully saturated rings. The molecule has 1 aliphatic heterocycles. The Morgan fingerprint density at radius 2 is 1.79 bits per heavy atom. The van der Waals surface area contributed by atoms with Crippen molar-refractivity contribution in [3.05, 3.63) is 76.2 Å². The Morgan fingerprint density at radius 1 is 1.04 bits per heavy atom. The number of nitrogens with zero attached hydrogens (tertiary/aromatic N) is 2. The molecule has 142 valence electrons. The average Bonchev–Trinajstić information content (AvgIpc) is 2.73. The number of hydrogen-bond acceptors (Lipinski definition) is 2. The Bertz CT molecular complexity index is 1090. The number of aromatic nitrogens is 1. The van der Waals surface area contributed by atoms with E-state index in [1.165, 1.54) is 0 Å². The first kappa shape index (κ1) is 18.5. The van der Waals surface area contributed by atoms with E-state index in [9.17, 15) is 4.79 Å². The zero-order valence-electron chi connectivity index (χ0n) is 16.6. The first-order chi connectivity index (χ1) is 13.7. The van der Waals surface area contributed by atoms with Crippen molar-refractivity contribution in [3.63, 3.8) is 0 Å². The van der Waals surface area contributed by atoms with Crippen molar-refractivity contribution in [1.82, 2.24) is 9.47 Å². The van der Waals surface area contributed by atoms with Gasteiger partial charge in [0.05, 0.1) is 5.39 Å². The summed E-state index contributed by atoms with van der Waals surface area (Å²) >= 11 is 0. The van der Waals surface area contributed by atoms with Gasteiger partial charge in [0.25, 0.3) is 5.56 Å². The van der Waals surface area contributed by atoms with Crippen LogP contribution in [0.1, 0.15) is 31.0 Å². The van der Waals surface area contributed by atoms with Gasteiger partial charge in [-0.2, -0.15) is 0 Å². The third kappa shape index (κ3) is 3.61. The zero-order valence-corrected chi connectivity index (χ0v) is 16.6. The Morgan fingerprint density at radius 3 is 2.50 bits per heavy atom. The van der Waals surface area contributed by atoms with Gasteiger partial charge in [-0.3, -0.25) is 9.36 Å². The van der Waals surface area contributed by atoms with Crippen molar-refractivity contribution >= 4 is 10.8 Å². The van der Waals surface area contributed by atoms with E-state index in [-0.39, 0.29) is 5.56 Å². The van der Waals surface area contributed by atoms with E-state index in [1.54, 1.807) is 0 Å². The molecule has 0 bridgehead atoms. The number of aryl methyl sites for hydroxylation is 1. The van der Waals surface area contributed by atoms with E-state index in [0.29, 0.717) is 5.92 Å². The summed E-state index contributed by atoms with van der Waals surface area (Å²) in [6, 6.07) is 18.0. The molecule has 3 nitrogen and oxygen atoms in total. The second kappa shape index (κ2) is 8.04. The minimum atomic E-state index is 0.0221. The molecule has 4 rings (SSSR count). The highest BCUT2D eigenvalue weighted by molar-refractivity contribution is 5.88. The lowest BCUT2D eigenvalue weighted by molar-refractivity contribution is 0.248.